The Labute approximate surface area is 240 Å². The van der Waals surface area contributed by atoms with Crippen LogP contribution in [0.25, 0.3) is 11.1 Å². The van der Waals surface area contributed by atoms with Gasteiger partial charge in [-0.25, -0.2) is 9.97 Å². The zero-order chi connectivity index (χ0) is 29.9. The predicted octanol–water partition coefficient (Wildman–Crippen LogP) is 5.51. The Morgan fingerprint density at radius 3 is 2.52 bits per heavy atom. The molecule has 3 heterocycles. The maximum Gasteiger partial charge on any atom is 0.417 e. The second kappa shape index (κ2) is 12.0. The number of piperidine rings is 1. The molecule has 2 unspecified atom stereocenters. The average molecular weight is 573 g/mol. The number of hydrogen-bond donors (Lipinski definition) is 1. The molecular weight excluding hydrogens is 545 g/mol. The smallest absolute Gasteiger partial charge is 0.391 e. The number of ether oxygens (including phenoxy) is 1. The summed E-state index contributed by atoms with van der Waals surface area (Å²) in [5, 5.41) is 29.5. The first-order chi connectivity index (χ1) is 20.2. The highest BCUT2D eigenvalue weighted by molar-refractivity contribution is 5.74. The van der Waals surface area contributed by atoms with Crippen LogP contribution in [0.15, 0.2) is 67.1 Å². The van der Waals surface area contributed by atoms with Crippen molar-refractivity contribution < 1.29 is 23.0 Å². The van der Waals surface area contributed by atoms with Gasteiger partial charge in [0.05, 0.1) is 59.4 Å². The Bertz CT molecular complexity index is 1670. The summed E-state index contributed by atoms with van der Waals surface area (Å²) in [5.74, 6) is 0.471. The van der Waals surface area contributed by atoms with Crippen LogP contribution in [0.4, 0.5) is 19.0 Å². The van der Waals surface area contributed by atoms with E-state index in [-0.39, 0.29) is 23.3 Å². The summed E-state index contributed by atoms with van der Waals surface area (Å²) in [7, 11) is 1.78. The molecule has 0 saturated carbocycles. The number of rotatable bonds is 7. The minimum absolute atomic E-state index is 0.0133. The van der Waals surface area contributed by atoms with Gasteiger partial charge in [-0.15, -0.1) is 0 Å². The number of anilines is 1. The Morgan fingerprint density at radius 2 is 1.83 bits per heavy atom. The number of imidazole rings is 1. The molecule has 11 heteroatoms. The lowest BCUT2D eigenvalue weighted by Gasteiger charge is -2.31. The van der Waals surface area contributed by atoms with Gasteiger partial charge in [0.15, 0.2) is 0 Å². The SMILES string of the molecule is Cn1cncc1C(OCc1ccc(C#N)c(N2CCCC(O)C2)n1)c1ccc(C#N)c(-c2ccccc2C(F)(F)F)c1. The third-order valence-electron chi connectivity index (χ3n) is 7.26. The van der Waals surface area contributed by atoms with E-state index >= 15 is 0 Å². The molecule has 214 valence electrons. The summed E-state index contributed by atoms with van der Waals surface area (Å²) in [6, 6.07) is 17.4. The minimum Gasteiger partial charge on any atom is -0.391 e. The summed E-state index contributed by atoms with van der Waals surface area (Å²) in [4.78, 5) is 10.8. The third kappa shape index (κ3) is 5.98. The number of aliphatic hydroxyl groups excluding tert-OH is 1. The lowest BCUT2D eigenvalue weighted by Crippen LogP contribution is -2.39. The van der Waals surface area contributed by atoms with Gasteiger partial charge in [0, 0.05) is 25.7 Å². The van der Waals surface area contributed by atoms with Crippen molar-refractivity contribution in [3.63, 3.8) is 0 Å². The van der Waals surface area contributed by atoms with E-state index in [9.17, 15) is 28.8 Å². The van der Waals surface area contributed by atoms with E-state index < -0.39 is 23.9 Å². The number of aryl methyl sites for hydroxylation is 1. The first kappa shape index (κ1) is 28.8. The monoisotopic (exact) mass is 572 g/mol. The Hall–Kier alpha value is -4.71. The highest BCUT2D eigenvalue weighted by Gasteiger charge is 2.34. The molecular formula is C31H27F3N6O2. The van der Waals surface area contributed by atoms with Gasteiger partial charge in [-0.1, -0.05) is 24.3 Å². The van der Waals surface area contributed by atoms with Crippen molar-refractivity contribution in [2.75, 3.05) is 18.0 Å². The number of alkyl halides is 3. The summed E-state index contributed by atoms with van der Waals surface area (Å²) < 4.78 is 49.8. The molecule has 0 radical (unpaired) electrons. The second-order valence-corrected chi connectivity index (χ2v) is 10.1. The Kier molecular flexibility index (Phi) is 8.25. The number of nitrogens with zero attached hydrogens (tertiary/aromatic N) is 6. The molecule has 2 aromatic heterocycles. The first-order valence-corrected chi connectivity index (χ1v) is 13.3. The fourth-order valence-corrected chi connectivity index (χ4v) is 5.20. The van der Waals surface area contributed by atoms with Crippen molar-refractivity contribution in [3.8, 4) is 23.3 Å². The second-order valence-electron chi connectivity index (χ2n) is 10.1. The Balaban J connectivity index is 1.52. The van der Waals surface area contributed by atoms with Crippen LogP contribution >= 0.6 is 0 Å². The molecule has 5 rings (SSSR count). The van der Waals surface area contributed by atoms with E-state index in [0.717, 1.165) is 12.5 Å². The number of β-amino-alcohol motifs (C(OH)–C–C–N with tert-alkyl or cyclic N) is 1. The van der Waals surface area contributed by atoms with Gasteiger partial charge in [0.1, 0.15) is 18.0 Å². The van der Waals surface area contributed by atoms with E-state index in [4.69, 9.17) is 4.74 Å². The van der Waals surface area contributed by atoms with Crippen molar-refractivity contribution >= 4 is 5.82 Å². The van der Waals surface area contributed by atoms with E-state index in [1.165, 1.54) is 24.3 Å². The van der Waals surface area contributed by atoms with Crippen molar-refractivity contribution in [2.45, 2.75) is 37.8 Å². The molecule has 1 fully saturated rings. The first-order valence-electron chi connectivity index (χ1n) is 13.3. The number of pyridine rings is 1. The third-order valence-corrected chi connectivity index (χ3v) is 7.26. The van der Waals surface area contributed by atoms with Gasteiger partial charge in [-0.05, 0) is 54.3 Å². The molecule has 0 aliphatic carbocycles. The van der Waals surface area contributed by atoms with E-state index in [2.05, 4.69) is 16.0 Å². The number of aliphatic hydroxyl groups is 1. The lowest BCUT2D eigenvalue weighted by atomic mass is 9.92. The summed E-state index contributed by atoms with van der Waals surface area (Å²) in [6.45, 7) is 1.05. The number of aromatic nitrogens is 3. The van der Waals surface area contributed by atoms with Crippen molar-refractivity contribution in [2.24, 2.45) is 7.05 Å². The fourth-order valence-electron chi connectivity index (χ4n) is 5.20. The number of nitriles is 2. The van der Waals surface area contributed by atoms with E-state index in [1.54, 1.807) is 48.4 Å². The van der Waals surface area contributed by atoms with Gasteiger partial charge in [0.2, 0.25) is 0 Å². The molecule has 0 bridgehead atoms. The van der Waals surface area contributed by atoms with Crippen molar-refractivity contribution in [3.05, 3.63) is 101 Å². The van der Waals surface area contributed by atoms with Crippen LogP contribution in [0, 0.1) is 22.7 Å². The van der Waals surface area contributed by atoms with Crippen LogP contribution in [-0.4, -0.2) is 38.8 Å². The normalized spacial score (nSPS) is 16.1. The van der Waals surface area contributed by atoms with Crippen molar-refractivity contribution in [1.82, 2.24) is 14.5 Å². The zero-order valence-electron chi connectivity index (χ0n) is 22.7. The van der Waals surface area contributed by atoms with E-state index in [0.29, 0.717) is 47.8 Å². The van der Waals surface area contributed by atoms with Crippen LogP contribution in [0.2, 0.25) is 0 Å². The van der Waals surface area contributed by atoms with Gasteiger partial charge in [-0.3, -0.25) is 0 Å². The fraction of sp³-hybridized carbons (Fsp3) is 0.290. The molecule has 1 saturated heterocycles. The Morgan fingerprint density at radius 1 is 1.07 bits per heavy atom. The molecule has 1 aliphatic rings. The van der Waals surface area contributed by atoms with Crippen LogP contribution in [0.5, 0.6) is 0 Å². The maximum absolute atomic E-state index is 13.9. The molecule has 1 N–H and O–H groups in total. The molecule has 42 heavy (non-hydrogen) atoms. The van der Waals surface area contributed by atoms with Crippen LogP contribution in [-0.2, 0) is 24.6 Å². The van der Waals surface area contributed by atoms with Crippen LogP contribution < -0.4 is 4.90 Å². The summed E-state index contributed by atoms with van der Waals surface area (Å²) in [5.41, 5.74) is 1.38. The van der Waals surface area contributed by atoms with Crippen LogP contribution in [0.1, 0.15) is 52.6 Å². The van der Waals surface area contributed by atoms with Crippen LogP contribution in [0.3, 0.4) is 0 Å². The van der Waals surface area contributed by atoms with E-state index in [1.807, 2.05) is 11.0 Å². The zero-order valence-corrected chi connectivity index (χ0v) is 22.7. The summed E-state index contributed by atoms with van der Waals surface area (Å²) >= 11 is 0. The minimum atomic E-state index is -4.61. The standard InChI is InChI=1S/C31H27F3N6O2/c1-39-19-37-16-28(39)29(42-18-23-11-10-22(15-36)30(38-23)40-12-4-5-24(41)17-40)20-8-9-21(14-35)26(13-20)25-6-2-3-7-27(25)31(32,33)34/h2-3,6-11,13,16,19,24,29,41H,4-5,12,17-18H2,1H3. The van der Waals surface area contributed by atoms with Crippen molar-refractivity contribution in [1.29, 1.82) is 10.5 Å². The molecule has 1 aliphatic heterocycles. The molecule has 2 atom stereocenters. The summed E-state index contributed by atoms with van der Waals surface area (Å²) in [6.07, 6.45) is -1.22. The number of benzene rings is 2. The molecule has 8 nitrogen and oxygen atoms in total. The number of halogens is 3. The average Bonchev–Trinajstić information content (AvgIpc) is 3.42. The molecule has 2 aromatic carbocycles. The molecule has 0 spiro atoms. The highest BCUT2D eigenvalue weighted by Crippen LogP contribution is 2.40. The van der Waals surface area contributed by atoms with Gasteiger partial charge >= 0.3 is 6.18 Å². The van der Waals surface area contributed by atoms with Gasteiger partial charge < -0.3 is 19.3 Å². The van der Waals surface area contributed by atoms with Gasteiger partial charge in [0.25, 0.3) is 0 Å². The largest absolute Gasteiger partial charge is 0.417 e. The maximum atomic E-state index is 13.9. The van der Waals surface area contributed by atoms with Gasteiger partial charge in [-0.2, -0.15) is 23.7 Å². The number of hydrogen-bond acceptors (Lipinski definition) is 7. The topological polar surface area (TPSA) is 111 Å². The predicted molar refractivity (Wildman–Crippen MR) is 148 cm³/mol. The molecule has 4 aromatic rings. The quantitative estimate of drug-likeness (QED) is 0.311. The lowest BCUT2D eigenvalue weighted by molar-refractivity contribution is -0.137. The highest BCUT2D eigenvalue weighted by atomic mass is 19.4. The molecule has 0 amide bonds.